The number of aromatic nitrogens is 2. The molecule has 0 saturated carbocycles. The third-order valence-corrected chi connectivity index (χ3v) is 3.42. The van der Waals surface area contributed by atoms with Crippen LogP contribution in [0.4, 0.5) is 14.9 Å². The second-order valence-corrected chi connectivity index (χ2v) is 4.92. The number of ether oxygens (including phenoxy) is 1. The van der Waals surface area contributed by atoms with Gasteiger partial charge >= 0.3 is 6.09 Å². The molecule has 0 radical (unpaired) electrons. The molecule has 1 aromatic heterocycles. The van der Waals surface area contributed by atoms with Gasteiger partial charge in [-0.1, -0.05) is 0 Å². The van der Waals surface area contributed by atoms with E-state index in [1.165, 1.54) is 11.0 Å². The number of benzene rings is 1. The van der Waals surface area contributed by atoms with Crippen molar-refractivity contribution >= 4 is 11.8 Å². The van der Waals surface area contributed by atoms with Crippen molar-refractivity contribution < 1.29 is 13.9 Å². The van der Waals surface area contributed by atoms with Gasteiger partial charge in [-0.3, -0.25) is 9.58 Å². The number of cyclic esters (lactones) is 1. The largest absolute Gasteiger partial charge is 0.443 e. The molecule has 110 valence electrons. The monoisotopic (exact) mass is 290 g/mol. The Kier molecular flexibility index (Phi) is 3.34. The van der Waals surface area contributed by atoms with Gasteiger partial charge in [0.2, 0.25) is 0 Å². The molecule has 2 aromatic rings. The van der Waals surface area contributed by atoms with Gasteiger partial charge < -0.3 is 10.5 Å². The summed E-state index contributed by atoms with van der Waals surface area (Å²) >= 11 is 0. The van der Waals surface area contributed by atoms with E-state index in [4.69, 9.17) is 10.5 Å². The van der Waals surface area contributed by atoms with E-state index in [1.54, 1.807) is 36.3 Å². The highest BCUT2D eigenvalue weighted by molar-refractivity contribution is 5.90. The summed E-state index contributed by atoms with van der Waals surface area (Å²) in [4.78, 5) is 13.1. The van der Waals surface area contributed by atoms with Crippen LogP contribution in [-0.2, 0) is 11.8 Å². The number of hydrogen-bond acceptors (Lipinski definition) is 4. The van der Waals surface area contributed by atoms with E-state index >= 15 is 0 Å². The molecule has 1 atom stereocenters. The molecule has 1 aliphatic rings. The molecule has 0 aliphatic carbocycles. The molecule has 2 N–H and O–H groups in total. The van der Waals surface area contributed by atoms with E-state index in [-0.39, 0.29) is 12.6 Å². The number of hydrogen-bond donors (Lipinski definition) is 1. The second kappa shape index (κ2) is 5.17. The Morgan fingerprint density at radius 3 is 2.90 bits per heavy atom. The van der Waals surface area contributed by atoms with Crippen LogP contribution in [0.25, 0.3) is 11.1 Å². The van der Waals surface area contributed by atoms with Crippen LogP contribution in [-0.4, -0.2) is 35.1 Å². The summed E-state index contributed by atoms with van der Waals surface area (Å²) in [5.41, 5.74) is 7.07. The van der Waals surface area contributed by atoms with Gasteiger partial charge in [0.25, 0.3) is 0 Å². The van der Waals surface area contributed by atoms with E-state index in [9.17, 15) is 9.18 Å². The minimum atomic E-state index is -0.501. The summed E-state index contributed by atoms with van der Waals surface area (Å²) < 4.78 is 20.9. The fourth-order valence-electron chi connectivity index (χ4n) is 2.32. The highest BCUT2D eigenvalue weighted by atomic mass is 19.1. The Balaban J connectivity index is 1.90. The van der Waals surface area contributed by atoms with Gasteiger partial charge in [-0.05, 0) is 18.2 Å². The van der Waals surface area contributed by atoms with Crippen molar-refractivity contribution in [3.8, 4) is 11.1 Å². The maximum Gasteiger partial charge on any atom is 0.414 e. The molecule has 1 amide bonds. The number of amides is 1. The van der Waals surface area contributed by atoms with Crippen molar-refractivity contribution in [2.45, 2.75) is 6.10 Å². The van der Waals surface area contributed by atoms with Gasteiger partial charge in [0, 0.05) is 30.9 Å². The zero-order chi connectivity index (χ0) is 15.0. The standard InChI is InChI=1S/C14H15FN4O2/c1-18-7-9(6-17-18)12-3-2-10(4-13(12)15)19-8-11(5-16)21-14(19)20/h2-4,6-7,11H,5,8,16H2,1H3/t11-/m0/s1. The van der Waals surface area contributed by atoms with Gasteiger partial charge in [0.1, 0.15) is 11.9 Å². The predicted octanol–water partition coefficient (Wildman–Crippen LogP) is 1.51. The lowest BCUT2D eigenvalue weighted by atomic mass is 10.1. The van der Waals surface area contributed by atoms with Crippen LogP contribution in [0.5, 0.6) is 0 Å². The Bertz CT molecular complexity index is 685. The predicted molar refractivity (Wildman–Crippen MR) is 75.3 cm³/mol. The molecule has 6 nitrogen and oxygen atoms in total. The lowest BCUT2D eigenvalue weighted by Crippen LogP contribution is -2.27. The molecule has 2 heterocycles. The molecule has 1 aromatic carbocycles. The van der Waals surface area contributed by atoms with E-state index in [0.717, 1.165) is 0 Å². The lowest BCUT2D eigenvalue weighted by Gasteiger charge is -2.13. The first-order valence-corrected chi connectivity index (χ1v) is 6.55. The summed E-state index contributed by atoms with van der Waals surface area (Å²) in [7, 11) is 1.77. The van der Waals surface area contributed by atoms with E-state index in [2.05, 4.69) is 5.10 Å². The third-order valence-electron chi connectivity index (χ3n) is 3.42. The molecular weight excluding hydrogens is 275 g/mol. The number of halogens is 1. The number of anilines is 1. The van der Waals surface area contributed by atoms with Crippen LogP contribution < -0.4 is 10.6 Å². The average molecular weight is 290 g/mol. The molecule has 1 fully saturated rings. The molecule has 0 spiro atoms. The van der Waals surface area contributed by atoms with Crippen LogP contribution in [0.15, 0.2) is 30.6 Å². The molecule has 3 rings (SSSR count). The van der Waals surface area contributed by atoms with E-state index < -0.39 is 11.9 Å². The number of carbonyl (C=O) groups excluding carboxylic acids is 1. The van der Waals surface area contributed by atoms with Gasteiger partial charge in [-0.2, -0.15) is 5.10 Å². The zero-order valence-corrected chi connectivity index (χ0v) is 11.5. The Morgan fingerprint density at radius 2 is 2.33 bits per heavy atom. The lowest BCUT2D eigenvalue weighted by molar-refractivity contribution is 0.145. The van der Waals surface area contributed by atoms with Crippen molar-refractivity contribution in [3.63, 3.8) is 0 Å². The van der Waals surface area contributed by atoms with Gasteiger partial charge in [-0.15, -0.1) is 0 Å². The number of aryl methyl sites for hydroxylation is 1. The molecule has 21 heavy (non-hydrogen) atoms. The molecular formula is C14H15FN4O2. The van der Waals surface area contributed by atoms with Gasteiger partial charge in [-0.25, -0.2) is 9.18 Å². The normalized spacial score (nSPS) is 18.1. The molecule has 7 heteroatoms. The SMILES string of the molecule is Cn1cc(-c2ccc(N3C[C@H](CN)OC3=O)cc2F)cn1. The summed E-state index contributed by atoms with van der Waals surface area (Å²) in [5, 5.41) is 4.02. The third kappa shape index (κ3) is 2.47. The van der Waals surface area contributed by atoms with Crippen molar-refractivity contribution in [3.05, 3.63) is 36.4 Å². The van der Waals surface area contributed by atoms with Crippen LogP contribution in [0.2, 0.25) is 0 Å². The minimum absolute atomic E-state index is 0.249. The number of nitrogens with two attached hydrogens (primary N) is 1. The highest BCUT2D eigenvalue weighted by Gasteiger charge is 2.31. The Hall–Kier alpha value is -2.41. The summed E-state index contributed by atoms with van der Waals surface area (Å²) in [6.07, 6.45) is 2.47. The number of nitrogens with zero attached hydrogens (tertiary/aromatic N) is 3. The van der Waals surface area contributed by atoms with Crippen LogP contribution >= 0.6 is 0 Å². The first-order chi connectivity index (χ1) is 10.1. The number of rotatable bonds is 3. The fourth-order valence-corrected chi connectivity index (χ4v) is 2.32. The van der Waals surface area contributed by atoms with E-state index in [0.29, 0.717) is 23.4 Å². The van der Waals surface area contributed by atoms with Crippen LogP contribution in [0.3, 0.4) is 0 Å². The Morgan fingerprint density at radius 1 is 1.52 bits per heavy atom. The molecule has 0 bridgehead atoms. The quantitative estimate of drug-likeness (QED) is 0.930. The topological polar surface area (TPSA) is 73.4 Å². The van der Waals surface area contributed by atoms with Crippen molar-refractivity contribution in [1.82, 2.24) is 9.78 Å². The second-order valence-electron chi connectivity index (χ2n) is 4.92. The molecule has 1 saturated heterocycles. The van der Waals surface area contributed by atoms with Crippen LogP contribution in [0.1, 0.15) is 0 Å². The van der Waals surface area contributed by atoms with Crippen LogP contribution in [0, 0.1) is 5.82 Å². The first kappa shape index (κ1) is 13.6. The first-order valence-electron chi connectivity index (χ1n) is 6.55. The van der Waals surface area contributed by atoms with Crippen molar-refractivity contribution in [1.29, 1.82) is 0 Å². The van der Waals surface area contributed by atoms with Gasteiger partial charge in [0.05, 0.1) is 18.4 Å². The van der Waals surface area contributed by atoms with Crippen molar-refractivity contribution in [2.75, 3.05) is 18.0 Å². The minimum Gasteiger partial charge on any atom is -0.443 e. The smallest absolute Gasteiger partial charge is 0.414 e. The summed E-state index contributed by atoms with van der Waals surface area (Å²) in [5.74, 6) is -0.413. The van der Waals surface area contributed by atoms with Crippen molar-refractivity contribution in [2.24, 2.45) is 12.8 Å². The van der Waals surface area contributed by atoms with Gasteiger partial charge in [0.15, 0.2) is 0 Å². The summed E-state index contributed by atoms with van der Waals surface area (Å²) in [6.45, 7) is 0.583. The average Bonchev–Trinajstić information content (AvgIpc) is 3.04. The number of carbonyl (C=O) groups is 1. The maximum atomic E-state index is 14.3. The zero-order valence-electron chi connectivity index (χ0n) is 11.5. The van der Waals surface area contributed by atoms with E-state index in [1.807, 2.05) is 0 Å². The molecule has 1 aliphatic heterocycles. The fraction of sp³-hybridized carbons (Fsp3) is 0.286. The maximum absolute atomic E-state index is 14.3. The Labute approximate surface area is 120 Å². The molecule has 0 unspecified atom stereocenters. The highest BCUT2D eigenvalue weighted by Crippen LogP contribution is 2.28. The summed E-state index contributed by atoms with van der Waals surface area (Å²) in [6, 6.07) is 4.64.